The fourth-order valence-corrected chi connectivity index (χ4v) is 2.84. The summed E-state index contributed by atoms with van der Waals surface area (Å²) < 4.78 is 50.0. The zero-order chi connectivity index (χ0) is 21.6. The van der Waals surface area contributed by atoms with E-state index in [4.69, 9.17) is 9.31 Å². The van der Waals surface area contributed by atoms with Crippen LogP contribution in [-0.4, -0.2) is 29.2 Å². The summed E-state index contributed by atoms with van der Waals surface area (Å²) in [6.07, 6.45) is -3.65. The Bertz CT molecular complexity index is 912. The number of amides is 1. The van der Waals surface area contributed by atoms with E-state index in [1.165, 1.54) is 0 Å². The molecule has 1 N–H and O–H groups in total. The SMILES string of the molecule is Cc1ccc(NC(=O)c2ccc(C(F)(F)F)nc2)cc1B1OC(C)(C)C(C)(C)O1. The van der Waals surface area contributed by atoms with Crippen molar-refractivity contribution < 1.29 is 27.3 Å². The highest BCUT2D eigenvalue weighted by atomic mass is 19.4. The van der Waals surface area contributed by atoms with Gasteiger partial charge in [-0.15, -0.1) is 0 Å². The van der Waals surface area contributed by atoms with E-state index in [1.54, 1.807) is 12.1 Å². The molecule has 0 spiro atoms. The number of nitrogens with zero attached hydrogens (tertiary/aromatic N) is 1. The number of benzene rings is 1. The number of pyridine rings is 1. The molecule has 2 aromatic rings. The minimum atomic E-state index is -4.55. The molecular formula is C20H22BF3N2O3. The first-order valence-corrected chi connectivity index (χ1v) is 9.11. The van der Waals surface area contributed by atoms with Crippen molar-refractivity contribution in [3.05, 3.63) is 53.3 Å². The molecule has 3 rings (SSSR count). The molecule has 2 heterocycles. The third-order valence-electron chi connectivity index (χ3n) is 5.36. The highest BCUT2D eigenvalue weighted by molar-refractivity contribution is 6.62. The molecule has 0 saturated carbocycles. The number of hydrogen-bond acceptors (Lipinski definition) is 4. The van der Waals surface area contributed by atoms with E-state index in [0.717, 1.165) is 29.4 Å². The van der Waals surface area contributed by atoms with Crippen LogP contribution >= 0.6 is 0 Å². The summed E-state index contributed by atoms with van der Waals surface area (Å²) in [6.45, 7) is 9.71. The van der Waals surface area contributed by atoms with Crippen LogP contribution in [0, 0.1) is 6.92 Å². The molecule has 0 bridgehead atoms. The van der Waals surface area contributed by atoms with Gasteiger partial charge in [0.15, 0.2) is 0 Å². The third-order valence-corrected chi connectivity index (χ3v) is 5.36. The number of alkyl halides is 3. The van der Waals surface area contributed by atoms with Gasteiger partial charge in [0.05, 0.1) is 16.8 Å². The lowest BCUT2D eigenvalue weighted by Crippen LogP contribution is -2.41. The molecule has 0 unspecified atom stereocenters. The standard InChI is InChI=1S/C20H22BF3N2O3/c1-12-6-8-14(10-15(12)21-28-18(2,3)19(4,5)29-21)26-17(27)13-7-9-16(25-11-13)20(22,23)24/h6-11H,1-5H3,(H,26,27). The maximum absolute atomic E-state index is 12.6. The minimum absolute atomic E-state index is 0.0239. The fraction of sp³-hybridized carbons (Fsp3) is 0.400. The Kier molecular flexibility index (Phi) is 5.25. The zero-order valence-corrected chi connectivity index (χ0v) is 16.8. The first-order valence-electron chi connectivity index (χ1n) is 9.11. The summed E-state index contributed by atoms with van der Waals surface area (Å²) in [5.74, 6) is -0.560. The maximum atomic E-state index is 12.6. The molecule has 1 aromatic heterocycles. The Morgan fingerprint density at radius 3 is 2.21 bits per heavy atom. The average Bonchev–Trinajstić information content (AvgIpc) is 2.83. The number of hydrogen-bond donors (Lipinski definition) is 1. The van der Waals surface area contributed by atoms with Crippen molar-refractivity contribution >= 4 is 24.2 Å². The Balaban J connectivity index is 1.79. The Morgan fingerprint density at radius 2 is 1.69 bits per heavy atom. The second kappa shape index (κ2) is 7.14. The number of carbonyl (C=O) groups is 1. The van der Waals surface area contributed by atoms with E-state index in [1.807, 2.05) is 40.7 Å². The van der Waals surface area contributed by atoms with Crippen molar-refractivity contribution in [3.8, 4) is 0 Å². The molecule has 1 amide bonds. The number of aromatic nitrogens is 1. The van der Waals surface area contributed by atoms with Gasteiger partial charge < -0.3 is 14.6 Å². The van der Waals surface area contributed by atoms with Gasteiger partial charge in [-0.05, 0) is 64.3 Å². The van der Waals surface area contributed by atoms with Crippen molar-refractivity contribution in [2.24, 2.45) is 0 Å². The van der Waals surface area contributed by atoms with E-state index in [-0.39, 0.29) is 5.56 Å². The summed E-state index contributed by atoms with van der Waals surface area (Å²) in [5, 5.41) is 2.68. The van der Waals surface area contributed by atoms with Crippen molar-refractivity contribution in [1.82, 2.24) is 4.98 Å². The topological polar surface area (TPSA) is 60.5 Å². The lowest BCUT2D eigenvalue weighted by molar-refractivity contribution is -0.141. The smallest absolute Gasteiger partial charge is 0.399 e. The molecule has 1 aliphatic rings. The normalized spacial score (nSPS) is 18.0. The van der Waals surface area contributed by atoms with E-state index in [9.17, 15) is 18.0 Å². The molecule has 9 heteroatoms. The van der Waals surface area contributed by atoms with Crippen molar-refractivity contribution in [2.45, 2.75) is 52.0 Å². The van der Waals surface area contributed by atoms with Gasteiger partial charge >= 0.3 is 13.3 Å². The summed E-state index contributed by atoms with van der Waals surface area (Å²) in [4.78, 5) is 15.7. The van der Waals surface area contributed by atoms with E-state index >= 15 is 0 Å². The molecule has 1 aromatic carbocycles. The molecular weight excluding hydrogens is 384 g/mol. The second-order valence-electron chi connectivity index (χ2n) is 8.04. The number of rotatable bonds is 3. The fourth-order valence-electron chi connectivity index (χ4n) is 2.84. The predicted octanol–water partition coefficient (Wildman–Crippen LogP) is 3.96. The van der Waals surface area contributed by atoms with Crippen LogP contribution in [0.3, 0.4) is 0 Å². The summed E-state index contributed by atoms with van der Waals surface area (Å²) in [5.41, 5.74) is 0.142. The van der Waals surface area contributed by atoms with Crippen LogP contribution in [0.4, 0.5) is 18.9 Å². The summed E-state index contributed by atoms with van der Waals surface area (Å²) in [6, 6.07) is 7.14. The van der Waals surface area contributed by atoms with E-state index in [0.29, 0.717) is 5.69 Å². The highest BCUT2D eigenvalue weighted by Crippen LogP contribution is 2.36. The van der Waals surface area contributed by atoms with Gasteiger partial charge in [0, 0.05) is 11.9 Å². The molecule has 154 valence electrons. The first-order chi connectivity index (χ1) is 13.3. The van der Waals surface area contributed by atoms with Gasteiger partial charge in [0.25, 0.3) is 5.91 Å². The van der Waals surface area contributed by atoms with Gasteiger partial charge in [-0.1, -0.05) is 11.6 Å². The lowest BCUT2D eigenvalue weighted by atomic mass is 9.76. The second-order valence-corrected chi connectivity index (χ2v) is 8.04. The van der Waals surface area contributed by atoms with Crippen LogP contribution in [-0.2, 0) is 15.5 Å². The van der Waals surface area contributed by atoms with Crippen molar-refractivity contribution in [2.75, 3.05) is 5.32 Å². The first kappa shape index (κ1) is 21.3. The molecule has 1 fully saturated rings. The van der Waals surface area contributed by atoms with Gasteiger partial charge in [-0.25, -0.2) is 0 Å². The Morgan fingerprint density at radius 1 is 1.07 bits per heavy atom. The third kappa shape index (κ3) is 4.30. The Hall–Kier alpha value is -2.39. The van der Waals surface area contributed by atoms with Gasteiger partial charge in [0.2, 0.25) is 0 Å². The van der Waals surface area contributed by atoms with Gasteiger partial charge in [-0.2, -0.15) is 13.2 Å². The predicted molar refractivity (Wildman–Crippen MR) is 104 cm³/mol. The van der Waals surface area contributed by atoms with Gasteiger partial charge in [-0.3, -0.25) is 9.78 Å². The molecule has 1 aliphatic heterocycles. The van der Waals surface area contributed by atoms with Crippen LogP contribution in [0.1, 0.15) is 49.3 Å². The maximum Gasteiger partial charge on any atom is 0.495 e. The minimum Gasteiger partial charge on any atom is -0.399 e. The number of halogens is 3. The average molecular weight is 406 g/mol. The number of carbonyl (C=O) groups excluding carboxylic acids is 1. The van der Waals surface area contributed by atoms with Crippen molar-refractivity contribution in [1.29, 1.82) is 0 Å². The quantitative estimate of drug-likeness (QED) is 0.785. The number of anilines is 1. The highest BCUT2D eigenvalue weighted by Gasteiger charge is 2.52. The zero-order valence-electron chi connectivity index (χ0n) is 16.8. The van der Waals surface area contributed by atoms with Crippen molar-refractivity contribution in [3.63, 3.8) is 0 Å². The summed E-state index contributed by atoms with van der Waals surface area (Å²) in [7, 11) is -0.593. The molecule has 0 aliphatic carbocycles. The lowest BCUT2D eigenvalue weighted by Gasteiger charge is -2.32. The van der Waals surface area contributed by atoms with Crippen LogP contribution in [0.15, 0.2) is 36.5 Å². The molecule has 0 radical (unpaired) electrons. The van der Waals surface area contributed by atoms with E-state index < -0.39 is 36.1 Å². The summed E-state index contributed by atoms with van der Waals surface area (Å²) >= 11 is 0. The monoisotopic (exact) mass is 406 g/mol. The molecule has 29 heavy (non-hydrogen) atoms. The van der Waals surface area contributed by atoms with Crippen LogP contribution < -0.4 is 10.8 Å². The van der Waals surface area contributed by atoms with Gasteiger partial charge in [0.1, 0.15) is 5.69 Å². The molecule has 5 nitrogen and oxygen atoms in total. The number of nitrogens with one attached hydrogen (secondary N) is 1. The van der Waals surface area contributed by atoms with Crippen LogP contribution in [0.2, 0.25) is 0 Å². The van der Waals surface area contributed by atoms with E-state index in [2.05, 4.69) is 10.3 Å². The molecule has 0 atom stereocenters. The van der Waals surface area contributed by atoms with Crippen LogP contribution in [0.5, 0.6) is 0 Å². The Labute approximate surface area is 167 Å². The largest absolute Gasteiger partial charge is 0.495 e. The number of aryl methyl sites for hydroxylation is 1. The van der Waals surface area contributed by atoms with Crippen LogP contribution in [0.25, 0.3) is 0 Å². The molecule has 1 saturated heterocycles.